The minimum absolute atomic E-state index is 0.217. The van der Waals surface area contributed by atoms with Gasteiger partial charge < -0.3 is 10.1 Å². The van der Waals surface area contributed by atoms with E-state index >= 15 is 0 Å². The van der Waals surface area contributed by atoms with Gasteiger partial charge in [-0.15, -0.1) is 0 Å². The van der Waals surface area contributed by atoms with Gasteiger partial charge in [0.05, 0.1) is 12.8 Å². The summed E-state index contributed by atoms with van der Waals surface area (Å²) in [5.41, 5.74) is 3.62. The Bertz CT molecular complexity index is 593. The first-order valence-electron chi connectivity index (χ1n) is 7.21. The van der Waals surface area contributed by atoms with E-state index in [0.29, 0.717) is 5.92 Å². The van der Waals surface area contributed by atoms with Crippen LogP contribution in [0.3, 0.4) is 0 Å². The third-order valence-electron chi connectivity index (χ3n) is 3.64. The minimum atomic E-state index is 0.217. The van der Waals surface area contributed by atoms with Crippen LogP contribution in [0.15, 0.2) is 46.9 Å². The fourth-order valence-electron chi connectivity index (χ4n) is 2.28. The summed E-state index contributed by atoms with van der Waals surface area (Å²) in [5.74, 6) is 1.41. The first-order chi connectivity index (χ1) is 10.0. The quantitative estimate of drug-likeness (QED) is 0.742. The number of hydrogen-bond acceptors (Lipinski definition) is 2. The van der Waals surface area contributed by atoms with Crippen molar-refractivity contribution in [3.63, 3.8) is 0 Å². The second-order valence-electron chi connectivity index (χ2n) is 5.53. The lowest BCUT2D eigenvalue weighted by atomic mass is 9.99. The molecule has 2 aromatic rings. The van der Waals surface area contributed by atoms with Crippen molar-refractivity contribution in [1.29, 1.82) is 0 Å². The summed E-state index contributed by atoms with van der Waals surface area (Å²) in [7, 11) is 1.69. The number of anilines is 1. The molecule has 0 fully saturated rings. The molecule has 0 radical (unpaired) electrons. The van der Waals surface area contributed by atoms with Crippen molar-refractivity contribution in [2.75, 3.05) is 12.4 Å². The zero-order valence-corrected chi connectivity index (χ0v) is 14.6. The predicted molar refractivity (Wildman–Crippen MR) is 93.3 cm³/mol. The van der Waals surface area contributed by atoms with Gasteiger partial charge in [0.1, 0.15) is 5.75 Å². The van der Waals surface area contributed by atoms with E-state index in [-0.39, 0.29) is 6.04 Å². The standard InChI is InChI=1S/C18H22BrNO/c1-12(2)14-5-7-15(8-6-14)13(3)20-17-11-16(19)9-10-18(17)21-4/h5-13,20H,1-4H3. The lowest BCUT2D eigenvalue weighted by Crippen LogP contribution is -2.08. The lowest BCUT2D eigenvalue weighted by Gasteiger charge is -2.19. The Hall–Kier alpha value is -1.48. The molecule has 0 saturated carbocycles. The molecule has 21 heavy (non-hydrogen) atoms. The SMILES string of the molecule is COc1ccc(Br)cc1NC(C)c1ccc(C(C)C)cc1. The summed E-state index contributed by atoms with van der Waals surface area (Å²) >= 11 is 3.50. The molecule has 0 aromatic heterocycles. The van der Waals surface area contributed by atoms with Crippen LogP contribution in [0.2, 0.25) is 0 Å². The van der Waals surface area contributed by atoms with Crippen molar-refractivity contribution in [2.45, 2.75) is 32.7 Å². The van der Waals surface area contributed by atoms with Crippen molar-refractivity contribution in [2.24, 2.45) is 0 Å². The molecule has 1 N–H and O–H groups in total. The smallest absolute Gasteiger partial charge is 0.142 e. The van der Waals surface area contributed by atoms with Gasteiger partial charge in [-0.3, -0.25) is 0 Å². The van der Waals surface area contributed by atoms with Gasteiger partial charge in [-0.2, -0.15) is 0 Å². The van der Waals surface area contributed by atoms with Crippen LogP contribution in [0.4, 0.5) is 5.69 Å². The number of hydrogen-bond donors (Lipinski definition) is 1. The van der Waals surface area contributed by atoms with Gasteiger partial charge in [-0.25, -0.2) is 0 Å². The van der Waals surface area contributed by atoms with Crippen LogP contribution in [0.5, 0.6) is 5.75 Å². The molecule has 0 spiro atoms. The third-order valence-corrected chi connectivity index (χ3v) is 4.13. The van der Waals surface area contributed by atoms with Gasteiger partial charge >= 0.3 is 0 Å². The number of halogens is 1. The number of methoxy groups -OCH3 is 1. The molecule has 2 rings (SSSR count). The second-order valence-corrected chi connectivity index (χ2v) is 6.45. The summed E-state index contributed by atoms with van der Waals surface area (Å²) < 4.78 is 6.44. The molecule has 0 aliphatic carbocycles. The molecule has 0 bridgehead atoms. The van der Waals surface area contributed by atoms with Crippen LogP contribution < -0.4 is 10.1 Å². The maximum atomic E-state index is 5.40. The molecule has 1 atom stereocenters. The highest BCUT2D eigenvalue weighted by atomic mass is 79.9. The Kier molecular flexibility index (Phi) is 5.29. The normalized spacial score (nSPS) is 12.3. The zero-order chi connectivity index (χ0) is 15.4. The lowest BCUT2D eigenvalue weighted by molar-refractivity contribution is 0.416. The van der Waals surface area contributed by atoms with Crippen molar-refractivity contribution in [1.82, 2.24) is 0 Å². The van der Waals surface area contributed by atoms with Crippen LogP contribution in [-0.4, -0.2) is 7.11 Å². The van der Waals surface area contributed by atoms with Crippen molar-refractivity contribution in [3.8, 4) is 5.75 Å². The van der Waals surface area contributed by atoms with E-state index in [0.717, 1.165) is 15.9 Å². The van der Waals surface area contributed by atoms with Gasteiger partial charge in [0.15, 0.2) is 0 Å². The maximum Gasteiger partial charge on any atom is 0.142 e. The van der Waals surface area contributed by atoms with Gasteiger partial charge in [0, 0.05) is 10.5 Å². The average Bonchev–Trinajstić information content (AvgIpc) is 2.47. The molecule has 3 heteroatoms. The first-order valence-corrected chi connectivity index (χ1v) is 8.00. The van der Waals surface area contributed by atoms with Crippen molar-refractivity contribution in [3.05, 3.63) is 58.1 Å². The number of benzene rings is 2. The summed E-state index contributed by atoms with van der Waals surface area (Å²) in [5, 5.41) is 3.51. The Morgan fingerprint density at radius 3 is 2.14 bits per heavy atom. The summed E-state index contributed by atoms with van der Waals surface area (Å²) in [4.78, 5) is 0. The van der Waals surface area contributed by atoms with Crippen LogP contribution >= 0.6 is 15.9 Å². The van der Waals surface area contributed by atoms with E-state index in [2.05, 4.69) is 66.3 Å². The van der Waals surface area contributed by atoms with Gasteiger partial charge in [0.2, 0.25) is 0 Å². The molecule has 1 unspecified atom stereocenters. The number of nitrogens with one attached hydrogen (secondary N) is 1. The van der Waals surface area contributed by atoms with E-state index in [1.165, 1.54) is 11.1 Å². The number of ether oxygens (including phenoxy) is 1. The fourth-order valence-corrected chi connectivity index (χ4v) is 2.64. The highest BCUT2D eigenvalue weighted by Crippen LogP contribution is 2.31. The van der Waals surface area contributed by atoms with Crippen molar-refractivity contribution < 1.29 is 4.74 Å². The molecule has 0 aliphatic rings. The summed E-state index contributed by atoms with van der Waals surface area (Å²) in [6.07, 6.45) is 0. The van der Waals surface area contributed by atoms with E-state index in [4.69, 9.17) is 4.74 Å². The Balaban J connectivity index is 2.17. The van der Waals surface area contributed by atoms with Crippen LogP contribution in [0.25, 0.3) is 0 Å². The third kappa shape index (κ3) is 4.01. The van der Waals surface area contributed by atoms with Crippen LogP contribution in [0, 0.1) is 0 Å². The molecule has 0 aliphatic heterocycles. The Morgan fingerprint density at radius 1 is 0.952 bits per heavy atom. The first kappa shape index (κ1) is 15.9. The largest absolute Gasteiger partial charge is 0.495 e. The summed E-state index contributed by atoms with van der Waals surface area (Å²) in [6.45, 7) is 6.58. The molecule has 2 nitrogen and oxygen atoms in total. The molecule has 0 heterocycles. The van der Waals surface area contributed by atoms with E-state index in [1.807, 2.05) is 18.2 Å². The van der Waals surface area contributed by atoms with Gasteiger partial charge in [0.25, 0.3) is 0 Å². The van der Waals surface area contributed by atoms with Gasteiger partial charge in [-0.1, -0.05) is 54.0 Å². The van der Waals surface area contributed by atoms with Crippen molar-refractivity contribution >= 4 is 21.6 Å². The number of rotatable bonds is 5. The van der Waals surface area contributed by atoms with Crippen LogP contribution in [-0.2, 0) is 0 Å². The zero-order valence-electron chi connectivity index (χ0n) is 13.0. The highest BCUT2D eigenvalue weighted by Gasteiger charge is 2.10. The van der Waals surface area contributed by atoms with Crippen LogP contribution in [0.1, 0.15) is 43.9 Å². The monoisotopic (exact) mass is 347 g/mol. The predicted octanol–water partition coefficient (Wildman–Crippen LogP) is 5.75. The molecule has 112 valence electrons. The van der Waals surface area contributed by atoms with Gasteiger partial charge in [-0.05, 0) is 42.2 Å². The highest BCUT2D eigenvalue weighted by molar-refractivity contribution is 9.10. The fraction of sp³-hybridized carbons (Fsp3) is 0.333. The topological polar surface area (TPSA) is 21.3 Å². The van der Waals surface area contributed by atoms with E-state index in [9.17, 15) is 0 Å². The molecular weight excluding hydrogens is 326 g/mol. The minimum Gasteiger partial charge on any atom is -0.495 e. The molecule has 2 aromatic carbocycles. The average molecular weight is 348 g/mol. The summed E-state index contributed by atoms with van der Waals surface area (Å²) in [6, 6.07) is 15.0. The van der Waals surface area contributed by atoms with E-state index < -0.39 is 0 Å². The molecule has 0 amide bonds. The Labute approximate surface area is 135 Å². The second kappa shape index (κ2) is 6.99. The molecule has 0 saturated heterocycles. The maximum absolute atomic E-state index is 5.40. The molecular formula is C18H22BrNO. The van der Waals surface area contributed by atoms with E-state index in [1.54, 1.807) is 7.11 Å². The Morgan fingerprint density at radius 2 is 1.57 bits per heavy atom.